The van der Waals surface area contributed by atoms with Crippen LogP contribution in [0.25, 0.3) is 0 Å². The molecule has 0 bridgehead atoms. The number of hydrogen-bond donors (Lipinski definition) is 1. The van der Waals surface area contributed by atoms with Gasteiger partial charge in [-0.1, -0.05) is 19.4 Å². The molecule has 0 spiro atoms. The van der Waals surface area contributed by atoms with Gasteiger partial charge >= 0.3 is 0 Å². The van der Waals surface area contributed by atoms with Gasteiger partial charge in [0.05, 0.1) is 12.3 Å². The SMILES string of the molecule is CCCCN(C)c1cccc(CO)n1. The maximum Gasteiger partial charge on any atom is 0.128 e. The Hall–Kier alpha value is -1.09. The van der Waals surface area contributed by atoms with Crippen molar-refractivity contribution in [2.45, 2.75) is 26.4 Å². The van der Waals surface area contributed by atoms with E-state index in [2.05, 4.69) is 16.8 Å². The zero-order valence-corrected chi connectivity index (χ0v) is 8.90. The van der Waals surface area contributed by atoms with E-state index in [-0.39, 0.29) is 6.61 Å². The third-order valence-electron chi connectivity index (χ3n) is 2.19. The van der Waals surface area contributed by atoms with Gasteiger partial charge in [-0.3, -0.25) is 0 Å². The molecular formula is C11H18N2O. The second-order valence-corrected chi connectivity index (χ2v) is 3.42. The smallest absolute Gasteiger partial charge is 0.128 e. The number of aliphatic hydroxyl groups excluding tert-OH is 1. The highest BCUT2D eigenvalue weighted by molar-refractivity contribution is 5.37. The molecule has 1 heterocycles. The number of aliphatic hydroxyl groups is 1. The first-order chi connectivity index (χ1) is 6.77. The first kappa shape index (κ1) is 11.0. The standard InChI is InChI=1S/C11H18N2O/c1-3-4-8-13(2)11-7-5-6-10(9-14)12-11/h5-7,14H,3-4,8-9H2,1-2H3. The van der Waals surface area contributed by atoms with Crippen LogP contribution in [0.3, 0.4) is 0 Å². The minimum atomic E-state index is 0.00938. The lowest BCUT2D eigenvalue weighted by Crippen LogP contribution is -2.19. The number of anilines is 1. The van der Waals surface area contributed by atoms with Crippen molar-refractivity contribution in [1.82, 2.24) is 4.98 Å². The third-order valence-corrected chi connectivity index (χ3v) is 2.19. The Bertz CT molecular complexity index is 276. The summed E-state index contributed by atoms with van der Waals surface area (Å²) in [6, 6.07) is 5.72. The van der Waals surface area contributed by atoms with E-state index in [1.807, 2.05) is 25.2 Å². The molecule has 0 unspecified atom stereocenters. The Morgan fingerprint density at radius 1 is 1.43 bits per heavy atom. The van der Waals surface area contributed by atoms with Gasteiger partial charge in [-0.25, -0.2) is 4.98 Å². The van der Waals surface area contributed by atoms with E-state index in [0.29, 0.717) is 0 Å². The van der Waals surface area contributed by atoms with Gasteiger partial charge in [0.15, 0.2) is 0 Å². The summed E-state index contributed by atoms with van der Waals surface area (Å²) in [4.78, 5) is 6.43. The Kier molecular flexibility index (Phi) is 4.40. The average molecular weight is 194 g/mol. The van der Waals surface area contributed by atoms with E-state index in [1.54, 1.807) is 0 Å². The number of aromatic nitrogens is 1. The van der Waals surface area contributed by atoms with E-state index in [9.17, 15) is 0 Å². The van der Waals surface area contributed by atoms with Crippen molar-refractivity contribution in [3.63, 3.8) is 0 Å². The molecule has 0 atom stereocenters. The minimum Gasteiger partial charge on any atom is -0.390 e. The number of unbranched alkanes of at least 4 members (excludes halogenated alkanes) is 1. The van der Waals surface area contributed by atoms with Crippen molar-refractivity contribution in [1.29, 1.82) is 0 Å². The highest BCUT2D eigenvalue weighted by Gasteiger charge is 2.01. The number of rotatable bonds is 5. The molecule has 0 aliphatic carbocycles. The van der Waals surface area contributed by atoms with E-state index in [4.69, 9.17) is 5.11 Å². The number of pyridine rings is 1. The zero-order chi connectivity index (χ0) is 10.4. The van der Waals surface area contributed by atoms with Crippen LogP contribution in [0.4, 0.5) is 5.82 Å². The van der Waals surface area contributed by atoms with Gasteiger partial charge in [-0.15, -0.1) is 0 Å². The van der Waals surface area contributed by atoms with Crippen LogP contribution < -0.4 is 4.90 Å². The second kappa shape index (κ2) is 5.60. The summed E-state index contributed by atoms with van der Waals surface area (Å²) in [6.07, 6.45) is 2.35. The lowest BCUT2D eigenvalue weighted by Gasteiger charge is -2.17. The molecule has 3 heteroatoms. The summed E-state index contributed by atoms with van der Waals surface area (Å²) in [5.74, 6) is 0.935. The normalized spacial score (nSPS) is 10.2. The van der Waals surface area contributed by atoms with Crippen LogP contribution in [0.1, 0.15) is 25.5 Å². The molecule has 0 radical (unpaired) electrons. The molecule has 0 aliphatic rings. The lowest BCUT2D eigenvalue weighted by atomic mass is 10.3. The molecule has 78 valence electrons. The fourth-order valence-electron chi connectivity index (χ4n) is 1.28. The van der Waals surface area contributed by atoms with Crippen molar-refractivity contribution in [2.75, 3.05) is 18.5 Å². The van der Waals surface area contributed by atoms with Gasteiger partial charge in [0.2, 0.25) is 0 Å². The van der Waals surface area contributed by atoms with Crippen LogP contribution in [0.15, 0.2) is 18.2 Å². The summed E-state index contributed by atoms with van der Waals surface area (Å²) in [7, 11) is 2.03. The predicted octanol–water partition coefficient (Wildman–Crippen LogP) is 1.81. The summed E-state index contributed by atoms with van der Waals surface area (Å²) in [5.41, 5.74) is 0.728. The highest BCUT2D eigenvalue weighted by Crippen LogP contribution is 2.10. The molecular weight excluding hydrogens is 176 g/mol. The summed E-state index contributed by atoms with van der Waals surface area (Å²) < 4.78 is 0. The Morgan fingerprint density at radius 3 is 2.86 bits per heavy atom. The fraction of sp³-hybridized carbons (Fsp3) is 0.545. The van der Waals surface area contributed by atoms with Gasteiger partial charge in [0, 0.05) is 13.6 Å². The van der Waals surface area contributed by atoms with Crippen molar-refractivity contribution >= 4 is 5.82 Å². The summed E-state index contributed by atoms with van der Waals surface area (Å²) in [6.45, 7) is 3.19. The molecule has 0 aliphatic heterocycles. The molecule has 1 rings (SSSR count). The van der Waals surface area contributed by atoms with E-state index < -0.39 is 0 Å². The van der Waals surface area contributed by atoms with Crippen LogP contribution in [0.5, 0.6) is 0 Å². The zero-order valence-electron chi connectivity index (χ0n) is 8.90. The highest BCUT2D eigenvalue weighted by atomic mass is 16.3. The van der Waals surface area contributed by atoms with Crippen LogP contribution in [0, 0.1) is 0 Å². The maximum atomic E-state index is 8.94. The van der Waals surface area contributed by atoms with Gasteiger partial charge in [0.25, 0.3) is 0 Å². The molecule has 0 saturated carbocycles. The Balaban J connectivity index is 2.64. The van der Waals surface area contributed by atoms with Crippen LogP contribution in [-0.4, -0.2) is 23.7 Å². The molecule has 1 aromatic rings. The molecule has 3 nitrogen and oxygen atoms in total. The first-order valence-electron chi connectivity index (χ1n) is 5.06. The average Bonchev–Trinajstić information content (AvgIpc) is 2.26. The van der Waals surface area contributed by atoms with Gasteiger partial charge in [-0.05, 0) is 18.6 Å². The molecule has 0 fully saturated rings. The lowest BCUT2D eigenvalue weighted by molar-refractivity contribution is 0.277. The molecule has 1 aromatic heterocycles. The van der Waals surface area contributed by atoms with Crippen LogP contribution in [0.2, 0.25) is 0 Å². The second-order valence-electron chi connectivity index (χ2n) is 3.42. The van der Waals surface area contributed by atoms with E-state index in [1.165, 1.54) is 12.8 Å². The van der Waals surface area contributed by atoms with Crippen LogP contribution in [-0.2, 0) is 6.61 Å². The quantitative estimate of drug-likeness (QED) is 0.776. The van der Waals surface area contributed by atoms with Gasteiger partial charge < -0.3 is 10.0 Å². The number of hydrogen-bond acceptors (Lipinski definition) is 3. The summed E-state index contributed by atoms with van der Waals surface area (Å²) in [5, 5.41) is 8.94. The molecule has 1 N–H and O–H groups in total. The molecule has 0 saturated heterocycles. The molecule has 0 aromatic carbocycles. The first-order valence-corrected chi connectivity index (χ1v) is 5.06. The van der Waals surface area contributed by atoms with E-state index in [0.717, 1.165) is 18.1 Å². The Morgan fingerprint density at radius 2 is 2.21 bits per heavy atom. The third kappa shape index (κ3) is 3.00. The van der Waals surface area contributed by atoms with Crippen molar-refractivity contribution in [2.24, 2.45) is 0 Å². The predicted molar refractivity (Wildman–Crippen MR) is 58.3 cm³/mol. The Labute approximate surface area is 85.4 Å². The van der Waals surface area contributed by atoms with Crippen LogP contribution >= 0.6 is 0 Å². The van der Waals surface area contributed by atoms with E-state index >= 15 is 0 Å². The fourth-order valence-corrected chi connectivity index (χ4v) is 1.28. The topological polar surface area (TPSA) is 36.4 Å². The van der Waals surface area contributed by atoms with Gasteiger partial charge in [0.1, 0.15) is 5.82 Å². The van der Waals surface area contributed by atoms with Crippen molar-refractivity contribution < 1.29 is 5.11 Å². The maximum absolute atomic E-state index is 8.94. The number of nitrogens with zero attached hydrogens (tertiary/aromatic N) is 2. The monoisotopic (exact) mass is 194 g/mol. The van der Waals surface area contributed by atoms with Gasteiger partial charge in [-0.2, -0.15) is 0 Å². The molecule has 14 heavy (non-hydrogen) atoms. The molecule has 0 amide bonds. The van der Waals surface area contributed by atoms with Crippen molar-refractivity contribution in [3.8, 4) is 0 Å². The summed E-state index contributed by atoms with van der Waals surface area (Å²) >= 11 is 0. The minimum absolute atomic E-state index is 0.00938. The largest absolute Gasteiger partial charge is 0.390 e. The van der Waals surface area contributed by atoms with Crippen molar-refractivity contribution in [3.05, 3.63) is 23.9 Å².